The van der Waals surface area contributed by atoms with Gasteiger partial charge in [-0.1, -0.05) is 43.5 Å². The summed E-state index contributed by atoms with van der Waals surface area (Å²) in [6.45, 7) is 6.88. The minimum absolute atomic E-state index is 0.0222. The van der Waals surface area contributed by atoms with E-state index in [1.807, 2.05) is 18.2 Å². The molecule has 152 valence electrons. The van der Waals surface area contributed by atoms with E-state index in [2.05, 4.69) is 28.1 Å². The average Bonchev–Trinajstić information content (AvgIpc) is 2.91. The number of carbonyl (C=O) groups is 2. The standard InChI is InChI=1S/C21H29ClN4O2/c1-16-5-2-3-8-21(16)19(27)26(20(28)23-21)15-25-11-9-24(10-12-25)14-17-6-4-7-18(22)13-17/h4,6-7,13,16H,2-3,5,8-12,14-15H2,1H3,(H,23,28)/t16-,21-/m0/s1. The normalized spacial score (nSPS) is 29.5. The molecule has 2 saturated heterocycles. The van der Waals surface area contributed by atoms with Crippen molar-refractivity contribution in [1.82, 2.24) is 20.0 Å². The first-order valence-electron chi connectivity index (χ1n) is 10.3. The Labute approximate surface area is 171 Å². The number of carbonyl (C=O) groups excluding carboxylic acids is 2. The molecule has 0 aromatic heterocycles. The monoisotopic (exact) mass is 404 g/mol. The van der Waals surface area contributed by atoms with Gasteiger partial charge in [0.15, 0.2) is 0 Å². The van der Waals surface area contributed by atoms with Crippen LogP contribution in [0.25, 0.3) is 0 Å². The van der Waals surface area contributed by atoms with Crippen LogP contribution in [0.4, 0.5) is 4.79 Å². The molecule has 1 aromatic carbocycles. The third-order valence-corrected chi connectivity index (χ3v) is 6.84. The predicted molar refractivity (Wildman–Crippen MR) is 109 cm³/mol. The molecule has 28 heavy (non-hydrogen) atoms. The lowest BCUT2D eigenvalue weighted by molar-refractivity contribution is -0.136. The topological polar surface area (TPSA) is 55.9 Å². The van der Waals surface area contributed by atoms with Crippen LogP contribution in [0.2, 0.25) is 5.02 Å². The summed E-state index contributed by atoms with van der Waals surface area (Å²) in [6.07, 6.45) is 3.91. The second kappa shape index (κ2) is 8.01. The van der Waals surface area contributed by atoms with Crippen molar-refractivity contribution in [2.24, 2.45) is 5.92 Å². The van der Waals surface area contributed by atoms with Gasteiger partial charge in [-0.15, -0.1) is 0 Å². The van der Waals surface area contributed by atoms with E-state index in [1.54, 1.807) is 0 Å². The first kappa shape index (κ1) is 19.7. The van der Waals surface area contributed by atoms with E-state index in [9.17, 15) is 9.59 Å². The molecule has 3 fully saturated rings. The number of rotatable bonds is 4. The third-order valence-electron chi connectivity index (χ3n) is 6.60. The van der Waals surface area contributed by atoms with Crippen LogP contribution in [0.5, 0.6) is 0 Å². The number of piperazine rings is 1. The van der Waals surface area contributed by atoms with E-state index in [0.29, 0.717) is 6.67 Å². The fourth-order valence-corrected chi connectivity index (χ4v) is 5.02. The Bertz CT molecular complexity index is 750. The second-order valence-corrected chi connectivity index (χ2v) is 8.88. The van der Waals surface area contributed by atoms with Crippen LogP contribution in [-0.4, -0.2) is 65.0 Å². The van der Waals surface area contributed by atoms with Crippen LogP contribution >= 0.6 is 11.6 Å². The highest BCUT2D eigenvalue weighted by molar-refractivity contribution is 6.30. The van der Waals surface area contributed by atoms with Gasteiger partial charge < -0.3 is 5.32 Å². The minimum Gasteiger partial charge on any atom is -0.323 e. The molecule has 1 N–H and O–H groups in total. The Morgan fingerprint density at radius 2 is 1.89 bits per heavy atom. The Kier molecular flexibility index (Phi) is 5.63. The van der Waals surface area contributed by atoms with Crippen LogP contribution in [0, 0.1) is 5.92 Å². The van der Waals surface area contributed by atoms with Crippen LogP contribution < -0.4 is 5.32 Å². The number of nitrogens with one attached hydrogen (secondary N) is 1. The molecule has 2 aliphatic heterocycles. The van der Waals surface area contributed by atoms with Gasteiger partial charge in [-0.3, -0.25) is 14.6 Å². The van der Waals surface area contributed by atoms with Crippen molar-refractivity contribution in [2.45, 2.75) is 44.7 Å². The van der Waals surface area contributed by atoms with Crippen LogP contribution in [0.15, 0.2) is 24.3 Å². The maximum Gasteiger partial charge on any atom is 0.326 e. The molecule has 7 heteroatoms. The maximum absolute atomic E-state index is 13.1. The first-order valence-corrected chi connectivity index (χ1v) is 10.7. The highest BCUT2D eigenvalue weighted by atomic mass is 35.5. The van der Waals surface area contributed by atoms with E-state index in [4.69, 9.17) is 11.6 Å². The minimum atomic E-state index is -0.663. The maximum atomic E-state index is 13.1. The largest absolute Gasteiger partial charge is 0.326 e. The molecule has 0 bridgehead atoms. The number of hydrogen-bond acceptors (Lipinski definition) is 4. The SMILES string of the molecule is C[C@H]1CCCC[C@]12NC(=O)N(CN1CCN(Cc3cccc(Cl)c3)CC1)C2=O. The van der Waals surface area contributed by atoms with Gasteiger partial charge in [-0.25, -0.2) is 9.69 Å². The number of halogens is 1. The van der Waals surface area contributed by atoms with Crippen molar-refractivity contribution in [3.63, 3.8) is 0 Å². The number of imide groups is 1. The summed E-state index contributed by atoms with van der Waals surface area (Å²) in [7, 11) is 0. The fourth-order valence-electron chi connectivity index (χ4n) is 4.81. The van der Waals surface area contributed by atoms with Crippen LogP contribution in [-0.2, 0) is 11.3 Å². The number of hydrogen-bond donors (Lipinski definition) is 1. The van der Waals surface area contributed by atoms with Gasteiger partial charge in [0, 0.05) is 37.7 Å². The summed E-state index contributed by atoms with van der Waals surface area (Å²) < 4.78 is 0. The Morgan fingerprint density at radius 1 is 1.14 bits per heavy atom. The van der Waals surface area contributed by atoms with Gasteiger partial charge in [0.05, 0.1) is 6.67 Å². The van der Waals surface area contributed by atoms with E-state index in [0.717, 1.165) is 63.4 Å². The van der Waals surface area contributed by atoms with Crippen LogP contribution in [0.1, 0.15) is 38.2 Å². The molecule has 6 nitrogen and oxygen atoms in total. The Morgan fingerprint density at radius 3 is 2.61 bits per heavy atom. The molecule has 0 unspecified atom stereocenters. The highest BCUT2D eigenvalue weighted by Crippen LogP contribution is 2.38. The van der Waals surface area contributed by atoms with E-state index in [-0.39, 0.29) is 17.9 Å². The summed E-state index contributed by atoms with van der Waals surface area (Å²) in [5.74, 6) is 0.184. The molecular formula is C21H29ClN4O2. The summed E-state index contributed by atoms with van der Waals surface area (Å²) in [5.41, 5.74) is 0.548. The lowest BCUT2D eigenvalue weighted by Crippen LogP contribution is -2.55. The molecule has 0 radical (unpaired) electrons. The summed E-state index contributed by atoms with van der Waals surface area (Å²) in [5, 5.41) is 3.81. The second-order valence-electron chi connectivity index (χ2n) is 8.45. The van der Waals surface area contributed by atoms with Gasteiger partial charge in [0.2, 0.25) is 0 Å². The van der Waals surface area contributed by atoms with Crippen molar-refractivity contribution in [3.8, 4) is 0 Å². The molecule has 2 heterocycles. The Hall–Kier alpha value is -1.63. The molecule has 4 rings (SSSR count). The van der Waals surface area contributed by atoms with Gasteiger partial charge in [0.1, 0.15) is 5.54 Å². The highest BCUT2D eigenvalue weighted by Gasteiger charge is 2.55. The van der Waals surface area contributed by atoms with Crippen molar-refractivity contribution in [2.75, 3.05) is 32.8 Å². The van der Waals surface area contributed by atoms with E-state index >= 15 is 0 Å². The van der Waals surface area contributed by atoms with Crippen molar-refractivity contribution < 1.29 is 9.59 Å². The van der Waals surface area contributed by atoms with Gasteiger partial charge in [-0.05, 0) is 36.5 Å². The summed E-state index contributed by atoms with van der Waals surface area (Å²) in [4.78, 5) is 31.7. The zero-order valence-electron chi connectivity index (χ0n) is 16.5. The van der Waals surface area contributed by atoms with Gasteiger partial charge in [0.25, 0.3) is 5.91 Å². The molecule has 2 atom stereocenters. The van der Waals surface area contributed by atoms with Gasteiger partial charge in [-0.2, -0.15) is 0 Å². The molecule has 1 aromatic rings. The zero-order valence-corrected chi connectivity index (χ0v) is 17.2. The zero-order chi connectivity index (χ0) is 19.7. The third kappa shape index (κ3) is 3.78. The lowest BCUT2D eigenvalue weighted by Gasteiger charge is -2.38. The number of nitrogens with zero attached hydrogens (tertiary/aromatic N) is 3. The lowest BCUT2D eigenvalue weighted by atomic mass is 9.73. The molecule has 1 aliphatic carbocycles. The fraction of sp³-hybridized carbons (Fsp3) is 0.619. The molecule has 3 aliphatic rings. The quantitative estimate of drug-likeness (QED) is 0.784. The molecule has 1 spiro atoms. The molecule has 3 amide bonds. The number of urea groups is 1. The first-order chi connectivity index (χ1) is 13.5. The molecular weight excluding hydrogens is 376 g/mol. The Balaban J connectivity index is 1.32. The smallest absolute Gasteiger partial charge is 0.323 e. The van der Waals surface area contributed by atoms with Gasteiger partial charge >= 0.3 is 6.03 Å². The van der Waals surface area contributed by atoms with Crippen LogP contribution in [0.3, 0.4) is 0 Å². The average molecular weight is 405 g/mol. The predicted octanol–water partition coefficient (Wildman–Crippen LogP) is 2.92. The number of benzene rings is 1. The van der Waals surface area contributed by atoms with E-state index < -0.39 is 5.54 Å². The van der Waals surface area contributed by atoms with Crippen molar-refractivity contribution >= 4 is 23.5 Å². The summed E-state index contributed by atoms with van der Waals surface area (Å²) >= 11 is 6.08. The number of amides is 3. The van der Waals surface area contributed by atoms with E-state index in [1.165, 1.54) is 10.5 Å². The molecule has 1 saturated carbocycles. The van der Waals surface area contributed by atoms with Crippen molar-refractivity contribution in [1.29, 1.82) is 0 Å². The van der Waals surface area contributed by atoms with Crippen molar-refractivity contribution in [3.05, 3.63) is 34.9 Å². The summed E-state index contributed by atoms with van der Waals surface area (Å²) in [6, 6.07) is 7.75.